The van der Waals surface area contributed by atoms with Crippen LogP contribution in [0.2, 0.25) is 0 Å². The average Bonchev–Trinajstić information content (AvgIpc) is 2.17. The second-order valence-electron chi connectivity index (χ2n) is 4.36. The number of carbonyl (C=O) groups is 1. The Bertz CT molecular complexity index is 340. The maximum absolute atomic E-state index is 12.0. The number of rotatable bonds is 5. The molecule has 1 aliphatic rings. The van der Waals surface area contributed by atoms with Gasteiger partial charge in [0.05, 0.1) is 12.3 Å². The van der Waals surface area contributed by atoms with Crippen molar-refractivity contribution in [2.75, 3.05) is 25.4 Å². The molecule has 0 aliphatic carbocycles. The van der Waals surface area contributed by atoms with Gasteiger partial charge in [-0.25, -0.2) is 8.42 Å². The Morgan fingerprint density at radius 2 is 2.19 bits per heavy atom. The SMILES string of the molecule is CCCC(C)CS(=O)(=O)N1CCNC(=O)C1. The minimum atomic E-state index is -3.27. The Morgan fingerprint density at radius 3 is 2.75 bits per heavy atom. The summed E-state index contributed by atoms with van der Waals surface area (Å²) in [5.74, 6) is 0.0895. The van der Waals surface area contributed by atoms with Crippen molar-refractivity contribution in [1.29, 1.82) is 0 Å². The van der Waals surface area contributed by atoms with Gasteiger partial charge in [-0.15, -0.1) is 0 Å². The summed E-state index contributed by atoms with van der Waals surface area (Å²) in [7, 11) is -3.27. The molecule has 1 amide bonds. The number of hydrogen-bond acceptors (Lipinski definition) is 3. The normalized spacial score (nSPS) is 20.5. The molecule has 16 heavy (non-hydrogen) atoms. The molecule has 1 N–H and O–H groups in total. The third-order valence-electron chi connectivity index (χ3n) is 2.67. The molecule has 1 fully saturated rings. The Balaban J connectivity index is 2.59. The van der Waals surface area contributed by atoms with Crippen molar-refractivity contribution in [3.8, 4) is 0 Å². The van der Waals surface area contributed by atoms with Gasteiger partial charge in [0, 0.05) is 13.1 Å². The highest BCUT2D eigenvalue weighted by molar-refractivity contribution is 7.89. The first kappa shape index (κ1) is 13.4. The van der Waals surface area contributed by atoms with Crippen LogP contribution in [0.4, 0.5) is 0 Å². The van der Waals surface area contributed by atoms with E-state index in [1.165, 1.54) is 4.31 Å². The number of amides is 1. The third-order valence-corrected chi connectivity index (χ3v) is 4.76. The van der Waals surface area contributed by atoms with Crippen LogP contribution in [0.3, 0.4) is 0 Å². The fraction of sp³-hybridized carbons (Fsp3) is 0.900. The monoisotopic (exact) mass is 248 g/mol. The molecule has 1 rings (SSSR count). The Kier molecular flexibility index (Phi) is 4.73. The van der Waals surface area contributed by atoms with Crippen molar-refractivity contribution in [1.82, 2.24) is 9.62 Å². The molecule has 1 atom stereocenters. The van der Waals surface area contributed by atoms with Crippen LogP contribution in [0.15, 0.2) is 0 Å². The van der Waals surface area contributed by atoms with Crippen molar-refractivity contribution in [2.45, 2.75) is 26.7 Å². The lowest BCUT2D eigenvalue weighted by Crippen LogP contribution is -2.50. The molecule has 0 bridgehead atoms. The van der Waals surface area contributed by atoms with E-state index >= 15 is 0 Å². The molecule has 0 aromatic rings. The van der Waals surface area contributed by atoms with Gasteiger partial charge in [0.2, 0.25) is 15.9 Å². The number of piperazine rings is 1. The summed E-state index contributed by atoms with van der Waals surface area (Å²) in [5, 5.41) is 2.62. The summed E-state index contributed by atoms with van der Waals surface area (Å²) < 4.78 is 25.2. The topological polar surface area (TPSA) is 66.5 Å². The minimum absolute atomic E-state index is 0.0266. The zero-order valence-corrected chi connectivity index (χ0v) is 10.7. The van der Waals surface area contributed by atoms with E-state index in [1.807, 2.05) is 13.8 Å². The van der Waals surface area contributed by atoms with Crippen molar-refractivity contribution in [3.63, 3.8) is 0 Å². The largest absolute Gasteiger partial charge is 0.354 e. The fourth-order valence-corrected chi connectivity index (χ4v) is 3.67. The summed E-state index contributed by atoms with van der Waals surface area (Å²) in [6.45, 7) is 4.76. The van der Waals surface area contributed by atoms with Gasteiger partial charge in [0.15, 0.2) is 0 Å². The van der Waals surface area contributed by atoms with E-state index in [0.717, 1.165) is 12.8 Å². The van der Waals surface area contributed by atoms with Crippen molar-refractivity contribution in [3.05, 3.63) is 0 Å². The number of carbonyl (C=O) groups excluding carboxylic acids is 1. The van der Waals surface area contributed by atoms with Gasteiger partial charge in [-0.1, -0.05) is 20.3 Å². The van der Waals surface area contributed by atoms with E-state index in [0.29, 0.717) is 13.1 Å². The highest BCUT2D eigenvalue weighted by Crippen LogP contribution is 2.12. The maximum atomic E-state index is 12.0. The first-order valence-electron chi connectivity index (χ1n) is 5.70. The van der Waals surface area contributed by atoms with Crippen molar-refractivity contribution < 1.29 is 13.2 Å². The van der Waals surface area contributed by atoms with Crippen LogP contribution in [0.5, 0.6) is 0 Å². The molecule has 6 heteroatoms. The number of nitrogens with zero attached hydrogens (tertiary/aromatic N) is 1. The minimum Gasteiger partial charge on any atom is -0.354 e. The van der Waals surface area contributed by atoms with Gasteiger partial charge in [-0.05, 0) is 12.3 Å². The molecule has 1 heterocycles. The molecule has 1 aliphatic heterocycles. The molecule has 0 saturated carbocycles. The second-order valence-corrected chi connectivity index (χ2v) is 6.37. The first-order valence-corrected chi connectivity index (χ1v) is 7.31. The van der Waals surface area contributed by atoms with Gasteiger partial charge in [-0.2, -0.15) is 4.31 Å². The van der Waals surface area contributed by atoms with Crippen LogP contribution >= 0.6 is 0 Å². The lowest BCUT2D eigenvalue weighted by Gasteiger charge is -2.27. The summed E-state index contributed by atoms with van der Waals surface area (Å²) in [4.78, 5) is 11.1. The van der Waals surface area contributed by atoms with Gasteiger partial charge in [0.25, 0.3) is 0 Å². The number of sulfonamides is 1. The quantitative estimate of drug-likeness (QED) is 0.755. The lowest BCUT2D eigenvalue weighted by atomic mass is 10.1. The molecule has 94 valence electrons. The van der Waals surface area contributed by atoms with E-state index in [-0.39, 0.29) is 24.1 Å². The lowest BCUT2D eigenvalue weighted by molar-refractivity contribution is -0.122. The molecule has 0 aromatic carbocycles. The smallest absolute Gasteiger partial charge is 0.235 e. The van der Waals surface area contributed by atoms with Crippen molar-refractivity contribution in [2.24, 2.45) is 5.92 Å². The van der Waals surface area contributed by atoms with Crippen LogP contribution in [0.25, 0.3) is 0 Å². The van der Waals surface area contributed by atoms with Gasteiger partial charge >= 0.3 is 0 Å². The van der Waals surface area contributed by atoms with E-state index in [1.54, 1.807) is 0 Å². The maximum Gasteiger partial charge on any atom is 0.235 e. The molecule has 1 saturated heterocycles. The van der Waals surface area contributed by atoms with Crippen LogP contribution in [-0.4, -0.2) is 44.0 Å². The van der Waals surface area contributed by atoms with E-state index in [2.05, 4.69) is 5.32 Å². The zero-order valence-electron chi connectivity index (χ0n) is 9.90. The number of nitrogens with one attached hydrogen (secondary N) is 1. The Labute approximate surface area is 97.2 Å². The number of hydrogen-bond donors (Lipinski definition) is 1. The predicted molar refractivity (Wildman–Crippen MR) is 62.4 cm³/mol. The van der Waals surface area contributed by atoms with Crippen molar-refractivity contribution >= 4 is 15.9 Å². The van der Waals surface area contributed by atoms with Crippen LogP contribution in [0, 0.1) is 5.92 Å². The van der Waals surface area contributed by atoms with Gasteiger partial charge in [0.1, 0.15) is 0 Å². The summed E-state index contributed by atoms with van der Waals surface area (Å²) >= 11 is 0. The van der Waals surface area contributed by atoms with Crippen LogP contribution < -0.4 is 5.32 Å². The predicted octanol–water partition coefficient (Wildman–Crippen LogP) is 0.184. The Hall–Kier alpha value is -0.620. The highest BCUT2D eigenvalue weighted by atomic mass is 32.2. The second kappa shape index (κ2) is 5.63. The van der Waals surface area contributed by atoms with Gasteiger partial charge < -0.3 is 5.32 Å². The molecular weight excluding hydrogens is 228 g/mol. The molecule has 0 aromatic heterocycles. The molecule has 5 nitrogen and oxygen atoms in total. The van der Waals surface area contributed by atoms with E-state index < -0.39 is 10.0 Å². The first-order chi connectivity index (χ1) is 7.45. The standard InChI is InChI=1S/C10H20N2O3S/c1-3-4-9(2)8-16(14,15)12-6-5-11-10(13)7-12/h9H,3-8H2,1-2H3,(H,11,13). The molecule has 0 radical (unpaired) electrons. The van der Waals surface area contributed by atoms with Gasteiger partial charge in [-0.3, -0.25) is 4.79 Å². The average molecular weight is 248 g/mol. The Morgan fingerprint density at radius 1 is 1.50 bits per heavy atom. The summed E-state index contributed by atoms with van der Waals surface area (Å²) in [6, 6.07) is 0. The van der Waals surface area contributed by atoms with Crippen LogP contribution in [-0.2, 0) is 14.8 Å². The highest BCUT2D eigenvalue weighted by Gasteiger charge is 2.28. The third kappa shape index (κ3) is 3.75. The zero-order chi connectivity index (χ0) is 12.2. The van der Waals surface area contributed by atoms with E-state index in [9.17, 15) is 13.2 Å². The molecular formula is C10H20N2O3S. The molecule has 1 unspecified atom stereocenters. The molecule has 0 spiro atoms. The summed E-state index contributed by atoms with van der Waals surface area (Å²) in [6.07, 6.45) is 1.89. The fourth-order valence-electron chi connectivity index (χ4n) is 1.89. The van der Waals surface area contributed by atoms with E-state index in [4.69, 9.17) is 0 Å². The summed E-state index contributed by atoms with van der Waals surface area (Å²) in [5.41, 5.74) is 0. The van der Waals surface area contributed by atoms with Crippen LogP contribution in [0.1, 0.15) is 26.7 Å².